The van der Waals surface area contributed by atoms with Crippen LogP contribution in [0.25, 0.3) is 16.6 Å². The van der Waals surface area contributed by atoms with Crippen molar-refractivity contribution >= 4 is 28.5 Å². The molecule has 0 fully saturated rings. The second-order valence-electron chi connectivity index (χ2n) is 6.66. The summed E-state index contributed by atoms with van der Waals surface area (Å²) < 4.78 is 13.3. The molecule has 1 amide bonds. The standard InChI is InChI=1S/C20H18N4O3/c25-19(21-20-23-22-18-7-3-4-10-24(18)20)12-26-13-8-9-17-15(11-13)14-5-1-2-6-16(14)27-17/h3-4,7-11H,1-2,5-6,12H2,(H,21,23,25). The van der Waals surface area contributed by atoms with Crippen molar-refractivity contribution in [3.63, 3.8) is 0 Å². The Morgan fingerprint density at radius 3 is 3.07 bits per heavy atom. The Bertz CT molecular complexity index is 1140. The van der Waals surface area contributed by atoms with Gasteiger partial charge in [0.25, 0.3) is 5.91 Å². The van der Waals surface area contributed by atoms with Crippen LogP contribution in [0, 0.1) is 0 Å². The molecule has 0 saturated heterocycles. The van der Waals surface area contributed by atoms with Crippen LogP contribution in [0.2, 0.25) is 0 Å². The number of amides is 1. The van der Waals surface area contributed by atoms with Crippen LogP contribution in [0.5, 0.6) is 5.75 Å². The highest BCUT2D eigenvalue weighted by Crippen LogP contribution is 2.33. The van der Waals surface area contributed by atoms with Gasteiger partial charge in [-0.25, -0.2) is 0 Å². The van der Waals surface area contributed by atoms with E-state index in [1.807, 2.05) is 36.4 Å². The normalized spacial score (nSPS) is 13.6. The fourth-order valence-electron chi connectivity index (χ4n) is 3.57. The van der Waals surface area contributed by atoms with Crippen molar-refractivity contribution < 1.29 is 13.9 Å². The third kappa shape index (κ3) is 2.91. The predicted octanol–water partition coefficient (Wildman–Crippen LogP) is 3.37. The Morgan fingerprint density at radius 2 is 2.11 bits per heavy atom. The molecular weight excluding hydrogens is 344 g/mol. The lowest BCUT2D eigenvalue weighted by atomic mass is 9.96. The molecule has 0 spiro atoms. The minimum absolute atomic E-state index is 0.104. The summed E-state index contributed by atoms with van der Waals surface area (Å²) in [5.41, 5.74) is 2.83. The number of ether oxygens (including phenoxy) is 1. The molecule has 1 aliphatic carbocycles. The average molecular weight is 362 g/mol. The van der Waals surface area contributed by atoms with E-state index in [1.165, 1.54) is 18.4 Å². The molecule has 0 unspecified atom stereocenters. The molecule has 27 heavy (non-hydrogen) atoms. The van der Waals surface area contributed by atoms with E-state index in [4.69, 9.17) is 9.15 Å². The molecular formula is C20H18N4O3. The molecule has 0 bridgehead atoms. The summed E-state index contributed by atoms with van der Waals surface area (Å²) in [6.45, 7) is -0.104. The van der Waals surface area contributed by atoms with Gasteiger partial charge in [-0.15, -0.1) is 10.2 Å². The first kappa shape index (κ1) is 15.9. The van der Waals surface area contributed by atoms with Gasteiger partial charge in [-0.3, -0.25) is 14.5 Å². The summed E-state index contributed by atoms with van der Waals surface area (Å²) in [6.07, 6.45) is 6.18. The second kappa shape index (κ2) is 6.42. The molecule has 1 aromatic carbocycles. The lowest BCUT2D eigenvalue weighted by Crippen LogP contribution is -2.21. The molecule has 0 aliphatic heterocycles. The van der Waals surface area contributed by atoms with Gasteiger partial charge in [0.05, 0.1) is 0 Å². The van der Waals surface area contributed by atoms with Gasteiger partial charge in [0.1, 0.15) is 17.1 Å². The van der Waals surface area contributed by atoms with Crippen LogP contribution in [0.1, 0.15) is 24.2 Å². The summed E-state index contributed by atoms with van der Waals surface area (Å²) in [5.74, 6) is 1.82. The van der Waals surface area contributed by atoms with E-state index in [9.17, 15) is 4.79 Å². The molecule has 7 heteroatoms. The van der Waals surface area contributed by atoms with Crippen LogP contribution in [-0.2, 0) is 17.6 Å². The van der Waals surface area contributed by atoms with Gasteiger partial charge in [-0.05, 0) is 49.6 Å². The topological polar surface area (TPSA) is 81.7 Å². The zero-order valence-electron chi connectivity index (χ0n) is 14.6. The second-order valence-corrected chi connectivity index (χ2v) is 6.66. The van der Waals surface area contributed by atoms with Crippen molar-refractivity contribution in [2.75, 3.05) is 11.9 Å². The van der Waals surface area contributed by atoms with Crippen molar-refractivity contribution in [3.05, 3.63) is 53.9 Å². The van der Waals surface area contributed by atoms with Gasteiger partial charge in [0, 0.05) is 23.6 Å². The minimum Gasteiger partial charge on any atom is -0.484 e. The third-order valence-corrected chi connectivity index (χ3v) is 4.86. The van der Waals surface area contributed by atoms with Gasteiger partial charge in [-0.2, -0.15) is 0 Å². The van der Waals surface area contributed by atoms with Crippen LogP contribution in [0.4, 0.5) is 5.95 Å². The lowest BCUT2D eigenvalue weighted by Gasteiger charge is -2.09. The van der Waals surface area contributed by atoms with E-state index in [0.29, 0.717) is 17.3 Å². The summed E-state index contributed by atoms with van der Waals surface area (Å²) in [4.78, 5) is 12.2. The highest BCUT2D eigenvalue weighted by atomic mass is 16.5. The first-order valence-corrected chi connectivity index (χ1v) is 9.05. The highest BCUT2D eigenvalue weighted by Gasteiger charge is 2.18. The first-order valence-electron chi connectivity index (χ1n) is 9.05. The highest BCUT2D eigenvalue weighted by molar-refractivity contribution is 5.90. The van der Waals surface area contributed by atoms with Crippen molar-refractivity contribution in [2.24, 2.45) is 0 Å². The number of carbonyl (C=O) groups is 1. The molecule has 7 nitrogen and oxygen atoms in total. The Hall–Kier alpha value is -3.35. The molecule has 4 aromatic rings. The van der Waals surface area contributed by atoms with Crippen LogP contribution >= 0.6 is 0 Å². The fourth-order valence-corrected chi connectivity index (χ4v) is 3.57. The van der Waals surface area contributed by atoms with Gasteiger partial charge in [-0.1, -0.05) is 6.07 Å². The molecule has 3 heterocycles. The number of hydrogen-bond acceptors (Lipinski definition) is 5. The zero-order chi connectivity index (χ0) is 18.2. The van der Waals surface area contributed by atoms with E-state index in [0.717, 1.165) is 29.6 Å². The summed E-state index contributed by atoms with van der Waals surface area (Å²) >= 11 is 0. The van der Waals surface area contributed by atoms with Crippen molar-refractivity contribution in [3.8, 4) is 5.75 Å². The van der Waals surface area contributed by atoms with Gasteiger partial charge in [0.15, 0.2) is 12.3 Å². The van der Waals surface area contributed by atoms with Crippen molar-refractivity contribution in [2.45, 2.75) is 25.7 Å². The SMILES string of the molecule is O=C(COc1ccc2oc3c(c2c1)CCCC3)Nc1nnc2ccccn12. The number of aromatic nitrogens is 3. The number of aryl methyl sites for hydroxylation is 2. The number of fused-ring (bicyclic) bond motifs is 4. The molecule has 0 radical (unpaired) electrons. The van der Waals surface area contributed by atoms with E-state index >= 15 is 0 Å². The monoisotopic (exact) mass is 362 g/mol. The van der Waals surface area contributed by atoms with Crippen LogP contribution < -0.4 is 10.1 Å². The number of nitrogens with zero attached hydrogens (tertiary/aromatic N) is 3. The zero-order valence-corrected chi connectivity index (χ0v) is 14.6. The van der Waals surface area contributed by atoms with E-state index < -0.39 is 0 Å². The summed E-state index contributed by atoms with van der Waals surface area (Å²) in [5, 5.41) is 11.8. The molecule has 0 saturated carbocycles. The summed E-state index contributed by atoms with van der Waals surface area (Å²) in [7, 11) is 0. The Balaban J connectivity index is 1.30. The molecule has 5 rings (SSSR count). The maximum Gasteiger partial charge on any atom is 0.264 e. The molecule has 1 N–H and O–H groups in total. The van der Waals surface area contributed by atoms with Gasteiger partial charge < -0.3 is 9.15 Å². The molecule has 1 aliphatic rings. The Kier molecular flexibility index (Phi) is 3.78. The van der Waals surface area contributed by atoms with Crippen molar-refractivity contribution in [1.29, 1.82) is 0 Å². The van der Waals surface area contributed by atoms with Crippen LogP contribution in [0.3, 0.4) is 0 Å². The van der Waals surface area contributed by atoms with Crippen LogP contribution in [-0.4, -0.2) is 27.1 Å². The van der Waals surface area contributed by atoms with Gasteiger partial charge >= 0.3 is 0 Å². The number of benzene rings is 1. The minimum atomic E-state index is -0.289. The largest absolute Gasteiger partial charge is 0.484 e. The van der Waals surface area contributed by atoms with E-state index in [1.54, 1.807) is 10.6 Å². The number of carbonyl (C=O) groups excluding carboxylic acids is 1. The summed E-state index contributed by atoms with van der Waals surface area (Å²) in [6, 6.07) is 11.2. The predicted molar refractivity (Wildman–Crippen MR) is 100.0 cm³/mol. The Labute approximate surface area is 154 Å². The van der Waals surface area contributed by atoms with Gasteiger partial charge in [0.2, 0.25) is 5.95 Å². The quantitative estimate of drug-likeness (QED) is 0.602. The maximum absolute atomic E-state index is 12.2. The van der Waals surface area contributed by atoms with Crippen molar-refractivity contribution in [1.82, 2.24) is 14.6 Å². The fraction of sp³-hybridized carbons (Fsp3) is 0.250. The number of furan rings is 1. The average Bonchev–Trinajstić information content (AvgIpc) is 3.27. The molecule has 0 atom stereocenters. The lowest BCUT2D eigenvalue weighted by molar-refractivity contribution is -0.118. The number of rotatable bonds is 4. The number of anilines is 1. The number of hydrogen-bond donors (Lipinski definition) is 1. The maximum atomic E-state index is 12.2. The molecule has 136 valence electrons. The Morgan fingerprint density at radius 1 is 1.19 bits per heavy atom. The van der Waals surface area contributed by atoms with E-state index in [2.05, 4.69) is 15.5 Å². The molecule has 3 aromatic heterocycles. The number of nitrogens with one attached hydrogen (secondary N) is 1. The number of pyridine rings is 1. The smallest absolute Gasteiger partial charge is 0.264 e. The van der Waals surface area contributed by atoms with Crippen LogP contribution in [0.15, 0.2) is 47.0 Å². The van der Waals surface area contributed by atoms with E-state index in [-0.39, 0.29) is 12.5 Å². The first-order chi connectivity index (χ1) is 13.3. The third-order valence-electron chi connectivity index (χ3n) is 4.86.